The van der Waals surface area contributed by atoms with Gasteiger partial charge in [0.25, 0.3) is 5.91 Å². The first-order valence-electron chi connectivity index (χ1n) is 9.82. The molecule has 0 aromatic heterocycles. The molecular weight excluding hydrogens is 554 g/mol. The van der Waals surface area contributed by atoms with Gasteiger partial charge in [-0.3, -0.25) is 4.79 Å². The van der Waals surface area contributed by atoms with E-state index >= 15 is 0 Å². The third-order valence-corrected chi connectivity index (χ3v) is 5.43. The number of para-hydroxylation sites is 1. The highest BCUT2D eigenvalue weighted by atomic mass is 127. The zero-order valence-electron chi connectivity index (χ0n) is 17.8. The lowest BCUT2D eigenvalue weighted by Gasteiger charge is -2.14. The number of carboxylic acids is 1. The maximum Gasteiger partial charge on any atom is 0.337 e. The number of anilines is 1. The monoisotopic (exact) mass is 572 g/mol. The highest BCUT2D eigenvalue weighted by molar-refractivity contribution is 14.1. The largest absolute Gasteiger partial charge is 0.493 e. The number of hydrogen-bond donors (Lipinski definition) is 2. The van der Waals surface area contributed by atoms with Crippen molar-refractivity contribution in [2.75, 3.05) is 12.4 Å². The zero-order valence-corrected chi connectivity index (χ0v) is 20.0. The van der Waals surface area contributed by atoms with Crippen molar-refractivity contribution in [3.8, 4) is 17.6 Å². The number of methoxy groups -OCH3 is 1. The van der Waals surface area contributed by atoms with Gasteiger partial charge in [-0.2, -0.15) is 5.26 Å². The van der Waals surface area contributed by atoms with Crippen LogP contribution in [-0.4, -0.2) is 24.1 Å². The van der Waals surface area contributed by atoms with Crippen molar-refractivity contribution < 1.29 is 28.6 Å². The third-order valence-electron chi connectivity index (χ3n) is 4.63. The van der Waals surface area contributed by atoms with E-state index in [1.807, 2.05) is 28.7 Å². The molecule has 0 saturated heterocycles. The number of carbonyl (C=O) groups is 2. The molecule has 34 heavy (non-hydrogen) atoms. The highest BCUT2D eigenvalue weighted by Crippen LogP contribution is 2.35. The predicted octanol–water partition coefficient (Wildman–Crippen LogP) is 5.26. The summed E-state index contributed by atoms with van der Waals surface area (Å²) in [6, 6.07) is 17.0. The summed E-state index contributed by atoms with van der Waals surface area (Å²) in [7, 11) is 1.46. The van der Waals surface area contributed by atoms with Crippen molar-refractivity contribution in [1.29, 1.82) is 5.26 Å². The van der Waals surface area contributed by atoms with Crippen LogP contribution >= 0.6 is 22.6 Å². The SMILES string of the molecule is COc1cc(/C=C(\C#N)C(=O)Nc2ccccc2C(=O)O)cc(I)c1OCc1ccc(F)cc1. The summed E-state index contributed by atoms with van der Waals surface area (Å²) in [5.41, 5.74) is 1.05. The van der Waals surface area contributed by atoms with Gasteiger partial charge in [-0.15, -0.1) is 0 Å². The second kappa shape index (κ2) is 11.3. The molecule has 3 aromatic rings. The van der Waals surface area contributed by atoms with Crippen molar-refractivity contribution in [2.24, 2.45) is 0 Å². The molecule has 0 aliphatic rings. The van der Waals surface area contributed by atoms with Crippen molar-refractivity contribution in [3.63, 3.8) is 0 Å². The topological polar surface area (TPSA) is 109 Å². The number of hydrogen-bond acceptors (Lipinski definition) is 5. The molecule has 0 atom stereocenters. The maximum atomic E-state index is 13.1. The second-order valence-electron chi connectivity index (χ2n) is 6.92. The number of rotatable bonds is 8. The summed E-state index contributed by atoms with van der Waals surface area (Å²) < 4.78 is 25.0. The van der Waals surface area contributed by atoms with Gasteiger partial charge in [0.05, 0.1) is 21.9 Å². The lowest BCUT2D eigenvalue weighted by molar-refractivity contribution is -0.112. The molecule has 0 radical (unpaired) electrons. The number of nitrogens with zero attached hydrogens (tertiary/aromatic N) is 1. The minimum absolute atomic E-state index is 0.0813. The van der Waals surface area contributed by atoms with E-state index in [1.165, 1.54) is 43.5 Å². The number of aromatic carboxylic acids is 1. The van der Waals surface area contributed by atoms with Crippen LogP contribution in [-0.2, 0) is 11.4 Å². The molecule has 3 rings (SSSR count). The zero-order chi connectivity index (χ0) is 24.7. The minimum atomic E-state index is -1.20. The third kappa shape index (κ3) is 6.11. The predicted molar refractivity (Wildman–Crippen MR) is 132 cm³/mol. The number of ether oxygens (including phenoxy) is 2. The summed E-state index contributed by atoms with van der Waals surface area (Å²) in [5.74, 6) is -1.44. The van der Waals surface area contributed by atoms with Gasteiger partial charge in [-0.05, 0) is 76.2 Å². The fourth-order valence-corrected chi connectivity index (χ4v) is 3.76. The van der Waals surface area contributed by atoms with Gasteiger partial charge in [0.2, 0.25) is 0 Å². The van der Waals surface area contributed by atoms with E-state index < -0.39 is 11.9 Å². The van der Waals surface area contributed by atoms with Crippen molar-refractivity contribution in [3.05, 3.63) is 92.3 Å². The Labute approximate surface area is 208 Å². The van der Waals surface area contributed by atoms with Crippen molar-refractivity contribution >= 4 is 46.2 Å². The smallest absolute Gasteiger partial charge is 0.337 e. The van der Waals surface area contributed by atoms with E-state index in [2.05, 4.69) is 5.32 Å². The Hall–Kier alpha value is -3.91. The molecule has 0 aliphatic heterocycles. The van der Waals surface area contributed by atoms with Crippen LogP contribution in [0.2, 0.25) is 0 Å². The van der Waals surface area contributed by atoms with E-state index in [0.29, 0.717) is 20.6 Å². The van der Waals surface area contributed by atoms with Crippen LogP contribution in [0.5, 0.6) is 11.5 Å². The Morgan fingerprint density at radius 1 is 1.18 bits per heavy atom. The minimum Gasteiger partial charge on any atom is -0.493 e. The van der Waals surface area contributed by atoms with Gasteiger partial charge in [-0.25, -0.2) is 9.18 Å². The number of amides is 1. The van der Waals surface area contributed by atoms with Crippen LogP contribution in [0.15, 0.2) is 66.2 Å². The van der Waals surface area contributed by atoms with Gasteiger partial charge < -0.3 is 19.9 Å². The molecule has 7 nitrogen and oxygen atoms in total. The van der Waals surface area contributed by atoms with Crippen molar-refractivity contribution in [1.82, 2.24) is 0 Å². The quantitative estimate of drug-likeness (QED) is 0.217. The molecule has 0 spiro atoms. The number of halogens is 2. The summed E-state index contributed by atoms with van der Waals surface area (Å²) in [6.07, 6.45) is 1.37. The average molecular weight is 572 g/mol. The summed E-state index contributed by atoms with van der Waals surface area (Å²) in [4.78, 5) is 24.0. The molecule has 1 amide bonds. The lowest BCUT2D eigenvalue weighted by atomic mass is 10.1. The Morgan fingerprint density at radius 2 is 1.88 bits per heavy atom. The molecule has 0 bridgehead atoms. The number of carboxylic acid groups (broad SMARTS) is 1. The highest BCUT2D eigenvalue weighted by Gasteiger charge is 2.16. The van der Waals surface area contributed by atoms with E-state index in [0.717, 1.165) is 5.56 Å². The van der Waals surface area contributed by atoms with Crippen LogP contribution in [0, 0.1) is 20.7 Å². The number of carbonyl (C=O) groups excluding carboxylic acids is 1. The van der Waals surface area contributed by atoms with Gasteiger partial charge >= 0.3 is 5.97 Å². The van der Waals surface area contributed by atoms with E-state index in [-0.39, 0.29) is 29.2 Å². The second-order valence-corrected chi connectivity index (χ2v) is 8.09. The normalized spacial score (nSPS) is 10.8. The first-order valence-corrected chi connectivity index (χ1v) is 10.9. The first kappa shape index (κ1) is 24.7. The summed E-state index contributed by atoms with van der Waals surface area (Å²) in [5, 5.41) is 21.3. The average Bonchev–Trinajstić information content (AvgIpc) is 2.82. The molecule has 2 N–H and O–H groups in total. The van der Waals surface area contributed by atoms with Crippen LogP contribution in [0.1, 0.15) is 21.5 Å². The first-order chi connectivity index (χ1) is 16.3. The van der Waals surface area contributed by atoms with Crippen LogP contribution < -0.4 is 14.8 Å². The Morgan fingerprint density at radius 3 is 2.53 bits per heavy atom. The van der Waals surface area contributed by atoms with E-state index in [4.69, 9.17) is 9.47 Å². The molecule has 0 fully saturated rings. The van der Waals surface area contributed by atoms with E-state index in [9.17, 15) is 24.3 Å². The molecule has 172 valence electrons. The van der Waals surface area contributed by atoms with Crippen LogP contribution in [0.25, 0.3) is 6.08 Å². The van der Waals surface area contributed by atoms with E-state index in [1.54, 1.807) is 30.3 Å². The molecule has 9 heteroatoms. The maximum absolute atomic E-state index is 13.1. The molecule has 0 aliphatic carbocycles. The molecular formula is C25H18FIN2O5. The van der Waals surface area contributed by atoms with Crippen molar-refractivity contribution in [2.45, 2.75) is 6.61 Å². The molecule has 0 unspecified atom stereocenters. The lowest BCUT2D eigenvalue weighted by Crippen LogP contribution is -2.16. The standard InChI is InChI=1S/C25H18FIN2O5/c1-33-22-12-16(11-20(27)23(22)34-14-15-6-8-18(26)9-7-15)10-17(13-28)24(30)29-21-5-3-2-4-19(21)25(31)32/h2-12H,14H2,1H3,(H,29,30)(H,31,32)/b17-10+. The Balaban J connectivity index is 1.84. The van der Waals surface area contributed by atoms with Gasteiger partial charge in [-0.1, -0.05) is 24.3 Å². The van der Waals surface area contributed by atoms with Gasteiger partial charge in [0.15, 0.2) is 11.5 Å². The molecule has 0 saturated carbocycles. The number of nitrogens with one attached hydrogen (secondary N) is 1. The van der Waals surface area contributed by atoms with Crippen LogP contribution in [0.3, 0.4) is 0 Å². The van der Waals surface area contributed by atoms with Gasteiger partial charge in [0, 0.05) is 0 Å². The fraction of sp³-hybridized carbons (Fsp3) is 0.0800. The fourth-order valence-electron chi connectivity index (χ4n) is 2.98. The summed E-state index contributed by atoms with van der Waals surface area (Å²) in [6.45, 7) is 0.191. The number of nitriles is 1. The van der Waals surface area contributed by atoms with Crippen LogP contribution in [0.4, 0.5) is 10.1 Å². The Kier molecular flexibility index (Phi) is 8.21. The summed E-state index contributed by atoms with van der Waals surface area (Å²) >= 11 is 2.05. The molecule has 3 aromatic carbocycles. The Bertz CT molecular complexity index is 1300. The number of benzene rings is 3. The van der Waals surface area contributed by atoms with Gasteiger partial charge in [0.1, 0.15) is 24.1 Å². The molecule has 0 heterocycles.